The number of aliphatic hydroxyl groups excluding tert-OH is 1. The van der Waals surface area contributed by atoms with Crippen LogP contribution >= 0.6 is 11.8 Å². The molecule has 2 rings (SSSR count). The lowest BCUT2D eigenvalue weighted by molar-refractivity contribution is 0.185. The number of urea groups is 1. The van der Waals surface area contributed by atoms with Crippen molar-refractivity contribution in [3.05, 3.63) is 60.2 Å². The molecule has 0 aliphatic heterocycles. The number of aliphatic hydroxyl groups is 1. The minimum Gasteiger partial charge on any atom is -0.395 e. The van der Waals surface area contributed by atoms with Crippen LogP contribution in [0.4, 0.5) is 10.5 Å². The largest absolute Gasteiger partial charge is 0.395 e. The zero-order valence-electron chi connectivity index (χ0n) is 12.5. The number of benzene rings is 2. The molecule has 2 N–H and O–H groups in total. The third-order valence-corrected chi connectivity index (χ3v) is 3.92. The third-order valence-electron chi connectivity index (χ3n) is 3.19. The normalized spacial score (nSPS) is 10.3. The molecular formula is C17H20N2O2S. The number of anilines is 1. The summed E-state index contributed by atoms with van der Waals surface area (Å²) in [4.78, 5) is 15.1. The first-order chi connectivity index (χ1) is 10.7. The quantitative estimate of drug-likeness (QED) is 0.803. The van der Waals surface area contributed by atoms with E-state index < -0.39 is 0 Å². The fourth-order valence-corrected chi connectivity index (χ4v) is 2.54. The average Bonchev–Trinajstić information content (AvgIpc) is 2.55. The first kappa shape index (κ1) is 16.4. The second-order valence-corrected chi connectivity index (χ2v) is 5.67. The lowest BCUT2D eigenvalue weighted by Crippen LogP contribution is -2.36. The Balaban J connectivity index is 2.05. The van der Waals surface area contributed by atoms with E-state index in [0.717, 1.165) is 16.1 Å². The van der Waals surface area contributed by atoms with Crippen molar-refractivity contribution in [2.75, 3.05) is 24.7 Å². The highest BCUT2D eigenvalue weighted by atomic mass is 32.2. The highest BCUT2D eigenvalue weighted by molar-refractivity contribution is 7.98. The molecular weight excluding hydrogens is 296 g/mol. The van der Waals surface area contributed by atoms with Gasteiger partial charge in [-0.05, 0) is 30.0 Å². The Hall–Kier alpha value is -1.98. The molecule has 0 heterocycles. The van der Waals surface area contributed by atoms with Crippen LogP contribution in [0.5, 0.6) is 0 Å². The van der Waals surface area contributed by atoms with E-state index in [1.165, 1.54) is 0 Å². The highest BCUT2D eigenvalue weighted by Crippen LogP contribution is 2.19. The molecule has 0 aliphatic carbocycles. The Morgan fingerprint density at radius 2 is 1.95 bits per heavy atom. The van der Waals surface area contributed by atoms with E-state index in [-0.39, 0.29) is 12.6 Å². The molecule has 0 aromatic heterocycles. The van der Waals surface area contributed by atoms with Gasteiger partial charge in [0.1, 0.15) is 0 Å². The van der Waals surface area contributed by atoms with Crippen LogP contribution in [-0.4, -0.2) is 35.4 Å². The zero-order chi connectivity index (χ0) is 15.8. The van der Waals surface area contributed by atoms with Gasteiger partial charge in [-0.25, -0.2) is 4.79 Å². The molecule has 0 radical (unpaired) electrons. The molecule has 0 unspecified atom stereocenters. The van der Waals surface area contributed by atoms with Crippen molar-refractivity contribution in [2.24, 2.45) is 0 Å². The summed E-state index contributed by atoms with van der Waals surface area (Å²) in [5.74, 6) is 0. The van der Waals surface area contributed by atoms with Crippen molar-refractivity contribution in [3.8, 4) is 0 Å². The summed E-state index contributed by atoms with van der Waals surface area (Å²) in [6, 6.07) is 17.2. The smallest absolute Gasteiger partial charge is 0.322 e. The van der Waals surface area contributed by atoms with E-state index in [4.69, 9.17) is 0 Å². The molecule has 4 nitrogen and oxygen atoms in total. The van der Waals surface area contributed by atoms with Gasteiger partial charge in [0.25, 0.3) is 0 Å². The van der Waals surface area contributed by atoms with Crippen LogP contribution in [0.15, 0.2) is 59.5 Å². The lowest BCUT2D eigenvalue weighted by atomic mass is 10.2. The van der Waals surface area contributed by atoms with E-state index in [1.54, 1.807) is 16.7 Å². The zero-order valence-corrected chi connectivity index (χ0v) is 13.3. The molecule has 0 saturated carbocycles. The Labute approximate surface area is 135 Å². The summed E-state index contributed by atoms with van der Waals surface area (Å²) in [6.07, 6.45) is 1.99. The lowest BCUT2D eigenvalue weighted by Gasteiger charge is -2.22. The maximum absolute atomic E-state index is 12.4. The topological polar surface area (TPSA) is 52.6 Å². The maximum atomic E-state index is 12.4. The van der Waals surface area contributed by atoms with Crippen LogP contribution in [-0.2, 0) is 6.54 Å². The highest BCUT2D eigenvalue weighted by Gasteiger charge is 2.13. The van der Waals surface area contributed by atoms with Crippen molar-refractivity contribution in [1.82, 2.24) is 4.90 Å². The molecule has 2 aromatic rings. The van der Waals surface area contributed by atoms with Crippen LogP contribution in [0.2, 0.25) is 0 Å². The number of hydrogen-bond acceptors (Lipinski definition) is 3. The van der Waals surface area contributed by atoms with Crippen LogP contribution < -0.4 is 5.32 Å². The SMILES string of the molecule is CSc1cccc(NC(=O)N(CCO)Cc2ccccc2)c1. The van der Waals surface area contributed by atoms with Crippen LogP contribution in [0.25, 0.3) is 0 Å². The molecule has 0 fully saturated rings. The van der Waals surface area contributed by atoms with Gasteiger partial charge in [0.2, 0.25) is 0 Å². The van der Waals surface area contributed by atoms with Gasteiger partial charge in [-0.15, -0.1) is 11.8 Å². The van der Waals surface area contributed by atoms with Crippen molar-refractivity contribution in [2.45, 2.75) is 11.4 Å². The molecule has 0 saturated heterocycles. The first-order valence-electron chi connectivity index (χ1n) is 7.07. The Morgan fingerprint density at radius 1 is 1.18 bits per heavy atom. The van der Waals surface area contributed by atoms with E-state index in [2.05, 4.69) is 5.32 Å². The molecule has 116 valence electrons. The van der Waals surface area contributed by atoms with Gasteiger partial charge in [0, 0.05) is 23.7 Å². The molecule has 0 spiro atoms. The molecule has 0 atom stereocenters. The van der Waals surface area contributed by atoms with Gasteiger partial charge >= 0.3 is 6.03 Å². The monoisotopic (exact) mass is 316 g/mol. The summed E-state index contributed by atoms with van der Waals surface area (Å²) in [6.45, 7) is 0.698. The second kappa shape index (κ2) is 8.46. The summed E-state index contributed by atoms with van der Waals surface area (Å²) in [5, 5.41) is 12.1. The molecule has 22 heavy (non-hydrogen) atoms. The van der Waals surface area contributed by atoms with Crippen LogP contribution in [0.3, 0.4) is 0 Å². The average molecular weight is 316 g/mol. The van der Waals surface area contributed by atoms with Crippen LogP contribution in [0.1, 0.15) is 5.56 Å². The maximum Gasteiger partial charge on any atom is 0.322 e. The number of carbonyl (C=O) groups excluding carboxylic acids is 1. The van der Waals surface area contributed by atoms with E-state index in [1.807, 2.05) is 60.9 Å². The molecule has 5 heteroatoms. The first-order valence-corrected chi connectivity index (χ1v) is 8.30. The van der Waals surface area contributed by atoms with E-state index in [9.17, 15) is 9.90 Å². The molecule has 2 aromatic carbocycles. The predicted octanol–water partition coefficient (Wildman–Crippen LogP) is 3.43. The van der Waals surface area contributed by atoms with Gasteiger partial charge in [0.05, 0.1) is 6.61 Å². The van der Waals surface area contributed by atoms with E-state index >= 15 is 0 Å². The van der Waals surface area contributed by atoms with Gasteiger partial charge in [-0.2, -0.15) is 0 Å². The summed E-state index contributed by atoms with van der Waals surface area (Å²) < 4.78 is 0. The minimum atomic E-state index is -0.212. The van der Waals surface area contributed by atoms with Crippen molar-refractivity contribution in [1.29, 1.82) is 0 Å². The van der Waals surface area contributed by atoms with Gasteiger partial charge in [0.15, 0.2) is 0 Å². The number of hydrogen-bond donors (Lipinski definition) is 2. The number of nitrogens with one attached hydrogen (secondary N) is 1. The summed E-state index contributed by atoms with van der Waals surface area (Å²) in [5.41, 5.74) is 1.79. The van der Waals surface area contributed by atoms with Gasteiger partial charge < -0.3 is 15.3 Å². The fourth-order valence-electron chi connectivity index (χ4n) is 2.08. The van der Waals surface area contributed by atoms with E-state index in [0.29, 0.717) is 13.1 Å². The molecule has 0 aliphatic rings. The number of carbonyl (C=O) groups is 1. The molecule has 0 bridgehead atoms. The number of nitrogens with zero attached hydrogens (tertiary/aromatic N) is 1. The van der Waals surface area contributed by atoms with Gasteiger partial charge in [-0.1, -0.05) is 36.4 Å². The second-order valence-electron chi connectivity index (χ2n) is 4.79. The van der Waals surface area contributed by atoms with Crippen LogP contribution in [0, 0.1) is 0 Å². The number of rotatable bonds is 6. The summed E-state index contributed by atoms with van der Waals surface area (Å²) in [7, 11) is 0. The summed E-state index contributed by atoms with van der Waals surface area (Å²) >= 11 is 1.63. The van der Waals surface area contributed by atoms with Gasteiger partial charge in [-0.3, -0.25) is 0 Å². The fraction of sp³-hybridized carbons (Fsp3) is 0.235. The number of amides is 2. The van der Waals surface area contributed by atoms with Crippen molar-refractivity contribution < 1.29 is 9.90 Å². The third kappa shape index (κ3) is 4.79. The number of thioether (sulfide) groups is 1. The van der Waals surface area contributed by atoms with Crippen molar-refractivity contribution >= 4 is 23.5 Å². The molecule has 2 amide bonds. The Kier molecular flexibility index (Phi) is 6.30. The van der Waals surface area contributed by atoms with Crippen molar-refractivity contribution in [3.63, 3.8) is 0 Å². The Morgan fingerprint density at radius 3 is 2.64 bits per heavy atom. The minimum absolute atomic E-state index is 0.0644. The standard InChI is InChI=1S/C17H20N2O2S/c1-22-16-9-5-8-15(12-16)18-17(21)19(10-11-20)13-14-6-3-2-4-7-14/h2-9,12,20H,10-11,13H2,1H3,(H,18,21). The Bertz CT molecular complexity index is 605. The predicted molar refractivity (Wildman–Crippen MR) is 91.2 cm³/mol.